The van der Waals surface area contributed by atoms with Gasteiger partial charge in [0.1, 0.15) is 0 Å². The standard InChI is InChI=1S/C22H40N2O4/c1-3-5-6-7-8-9-10-11-12-13-14-15-16-17-18-19-28-22(27)21(26)24-23-20(25)4-2/h4H,2-3,5-19H2,1H3,(H,23,25)(H,24,26). The van der Waals surface area contributed by atoms with E-state index in [1.54, 1.807) is 0 Å². The molecule has 0 unspecified atom stereocenters. The van der Waals surface area contributed by atoms with Gasteiger partial charge in [0.15, 0.2) is 0 Å². The summed E-state index contributed by atoms with van der Waals surface area (Å²) in [6.45, 7) is 5.71. The van der Waals surface area contributed by atoms with Gasteiger partial charge in [0.05, 0.1) is 6.61 Å². The Hall–Kier alpha value is -1.85. The Morgan fingerprint density at radius 1 is 0.714 bits per heavy atom. The molecule has 2 N–H and O–H groups in total. The lowest BCUT2D eigenvalue weighted by molar-refractivity contribution is -0.155. The summed E-state index contributed by atoms with van der Waals surface area (Å²) in [7, 11) is 0. The summed E-state index contributed by atoms with van der Waals surface area (Å²) in [5.74, 6) is -2.57. The molecule has 0 aliphatic carbocycles. The lowest BCUT2D eigenvalue weighted by Gasteiger charge is -2.06. The van der Waals surface area contributed by atoms with Gasteiger partial charge in [-0.25, -0.2) is 4.79 Å². The van der Waals surface area contributed by atoms with E-state index in [0.717, 1.165) is 25.3 Å². The van der Waals surface area contributed by atoms with Crippen molar-refractivity contribution < 1.29 is 19.1 Å². The van der Waals surface area contributed by atoms with E-state index in [1.165, 1.54) is 77.0 Å². The zero-order chi connectivity index (χ0) is 20.9. The summed E-state index contributed by atoms with van der Waals surface area (Å²) in [5, 5.41) is 0. The Morgan fingerprint density at radius 2 is 1.14 bits per heavy atom. The number of hydrogen-bond donors (Lipinski definition) is 2. The topological polar surface area (TPSA) is 84.5 Å². The molecular weight excluding hydrogens is 356 g/mol. The zero-order valence-electron chi connectivity index (χ0n) is 17.7. The van der Waals surface area contributed by atoms with Gasteiger partial charge in [-0.1, -0.05) is 103 Å². The van der Waals surface area contributed by atoms with Crippen molar-refractivity contribution in [2.75, 3.05) is 6.61 Å². The molecule has 6 nitrogen and oxygen atoms in total. The zero-order valence-corrected chi connectivity index (χ0v) is 17.7. The summed E-state index contributed by atoms with van der Waals surface area (Å²) in [6, 6.07) is 0. The highest BCUT2D eigenvalue weighted by Gasteiger charge is 2.14. The quantitative estimate of drug-likeness (QED) is 0.122. The molecule has 0 saturated carbocycles. The number of hydrazine groups is 1. The maximum atomic E-state index is 11.4. The molecule has 0 heterocycles. The van der Waals surface area contributed by atoms with Crippen molar-refractivity contribution in [3.63, 3.8) is 0 Å². The van der Waals surface area contributed by atoms with Gasteiger partial charge >= 0.3 is 11.9 Å². The molecule has 0 aromatic heterocycles. The molecule has 0 fully saturated rings. The predicted molar refractivity (Wildman–Crippen MR) is 112 cm³/mol. The van der Waals surface area contributed by atoms with Crippen molar-refractivity contribution in [1.82, 2.24) is 10.9 Å². The van der Waals surface area contributed by atoms with Crippen LogP contribution >= 0.6 is 0 Å². The summed E-state index contributed by atoms with van der Waals surface area (Å²) in [6.07, 6.45) is 20.0. The van der Waals surface area contributed by atoms with E-state index in [9.17, 15) is 14.4 Å². The Balaban J connectivity index is 3.28. The lowest BCUT2D eigenvalue weighted by Crippen LogP contribution is -2.44. The highest BCUT2D eigenvalue weighted by molar-refractivity contribution is 6.32. The smallest absolute Gasteiger partial charge is 0.398 e. The number of nitrogens with one attached hydrogen (secondary N) is 2. The average molecular weight is 397 g/mol. The van der Waals surface area contributed by atoms with Crippen molar-refractivity contribution in [2.45, 2.75) is 103 Å². The van der Waals surface area contributed by atoms with Crippen LogP contribution in [0.4, 0.5) is 0 Å². The van der Waals surface area contributed by atoms with Crippen LogP contribution in [0.1, 0.15) is 103 Å². The van der Waals surface area contributed by atoms with Crippen LogP contribution in [0.15, 0.2) is 12.7 Å². The maximum absolute atomic E-state index is 11.4. The summed E-state index contributed by atoms with van der Waals surface area (Å²) in [5.41, 5.74) is 3.97. The first-order chi connectivity index (χ1) is 13.6. The molecule has 0 radical (unpaired) electrons. The molecule has 0 aromatic carbocycles. The fourth-order valence-corrected chi connectivity index (χ4v) is 2.92. The number of carbonyl (C=O) groups excluding carboxylic acids is 3. The van der Waals surface area contributed by atoms with Crippen molar-refractivity contribution >= 4 is 17.8 Å². The monoisotopic (exact) mass is 396 g/mol. The minimum Gasteiger partial charge on any atom is -0.459 e. The Bertz CT molecular complexity index is 438. The number of esters is 1. The second-order valence-corrected chi connectivity index (χ2v) is 7.23. The number of hydrogen-bond acceptors (Lipinski definition) is 4. The highest BCUT2D eigenvalue weighted by Crippen LogP contribution is 2.13. The third-order valence-corrected chi connectivity index (χ3v) is 4.65. The van der Waals surface area contributed by atoms with Crippen LogP contribution < -0.4 is 10.9 Å². The van der Waals surface area contributed by atoms with Gasteiger partial charge in [-0.2, -0.15) is 0 Å². The minimum atomic E-state index is -0.991. The molecule has 162 valence electrons. The van der Waals surface area contributed by atoms with Crippen molar-refractivity contribution in [2.24, 2.45) is 0 Å². The Labute approximate surface area is 170 Å². The van der Waals surface area contributed by atoms with Crippen LogP contribution in [0.2, 0.25) is 0 Å². The van der Waals surface area contributed by atoms with Gasteiger partial charge in [0.2, 0.25) is 0 Å². The third kappa shape index (κ3) is 17.6. The van der Waals surface area contributed by atoms with Crippen LogP contribution in [0.3, 0.4) is 0 Å². The Morgan fingerprint density at radius 3 is 1.57 bits per heavy atom. The number of carbonyl (C=O) groups is 3. The SMILES string of the molecule is C=CC(=O)NNC(=O)C(=O)OCCCCCCCCCCCCCCCCC. The third-order valence-electron chi connectivity index (χ3n) is 4.65. The van der Waals surface area contributed by atoms with E-state index in [-0.39, 0.29) is 6.61 Å². The lowest BCUT2D eigenvalue weighted by atomic mass is 10.0. The van der Waals surface area contributed by atoms with E-state index in [1.807, 2.05) is 10.9 Å². The normalized spacial score (nSPS) is 10.3. The van der Waals surface area contributed by atoms with Crippen LogP contribution in [0, 0.1) is 0 Å². The first-order valence-corrected chi connectivity index (χ1v) is 11.0. The van der Waals surface area contributed by atoms with Crippen LogP contribution in [-0.2, 0) is 19.1 Å². The predicted octanol–water partition coefficient (Wildman–Crippen LogP) is 4.73. The van der Waals surface area contributed by atoms with Crippen LogP contribution in [0.5, 0.6) is 0 Å². The highest BCUT2D eigenvalue weighted by atomic mass is 16.5. The number of rotatable bonds is 17. The first-order valence-electron chi connectivity index (χ1n) is 11.0. The average Bonchev–Trinajstić information content (AvgIpc) is 2.71. The van der Waals surface area contributed by atoms with E-state index in [0.29, 0.717) is 0 Å². The van der Waals surface area contributed by atoms with Crippen LogP contribution in [0.25, 0.3) is 0 Å². The molecule has 0 aromatic rings. The van der Waals surface area contributed by atoms with Gasteiger partial charge in [-0.15, -0.1) is 0 Å². The molecule has 2 amide bonds. The molecule has 0 spiro atoms. The molecule has 0 saturated heterocycles. The van der Waals surface area contributed by atoms with Crippen molar-refractivity contribution in [1.29, 1.82) is 0 Å². The summed E-state index contributed by atoms with van der Waals surface area (Å²) in [4.78, 5) is 33.6. The van der Waals surface area contributed by atoms with E-state index < -0.39 is 17.8 Å². The molecule has 6 heteroatoms. The molecule has 0 aliphatic rings. The molecule has 0 bridgehead atoms. The largest absolute Gasteiger partial charge is 0.459 e. The summed E-state index contributed by atoms with van der Waals surface area (Å²) >= 11 is 0. The van der Waals surface area contributed by atoms with Crippen molar-refractivity contribution in [3.05, 3.63) is 12.7 Å². The fraction of sp³-hybridized carbons (Fsp3) is 0.773. The maximum Gasteiger partial charge on any atom is 0.398 e. The van der Waals surface area contributed by atoms with Crippen molar-refractivity contribution in [3.8, 4) is 0 Å². The van der Waals surface area contributed by atoms with Gasteiger partial charge in [-0.3, -0.25) is 20.4 Å². The van der Waals surface area contributed by atoms with E-state index >= 15 is 0 Å². The number of unbranched alkanes of at least 4 members (excludes halogenated alkanes) is 14. The molecule has 0 aliphatic heterocycles. The fourth-order valence-electron chi connectivity index (χ4n) is 2.92. The summed E-state index contributed by atoms with van der Waals surface area (Å²) < 4.78 is 4.86. The van der Waals surface area contributed by atoms with Gasteiger partial charge in [0, 0.05) is 0 Å². The minimum absolute atomic E-state index is 0.222. The molecule has 0 atom stereocenters. The van der Waals surface area contributed by atoms with Gasteiger partial charge in [-0.05, 0) is 12.5 Å². The number of ether oxygens (including phenoxy) is 1. The molecule has 28 heavy (non-hydrogen) atoms. The second kappa shape index (κ2) is 19.9. The molecule has 0 rings (SSSR count). The van der Waals surface area contributed by atoms with E-state index in [2.05, 4.69) is 13.5 Å². The van der Waals surface area contributed by atoms with Gasteiger partial charge < -0.3 is 4.74 Å². The van der Waals surface area contributed by atoms with E-state index in [4.69, 9.17) is 4.74 Å². The number of amides is 2. The van der Waals surface area contributed by atoms with Gasteiger partial charge in [0.25, 0.3) is 5.91 Å². The Kier molecular flexibility index (Phi) is 18.6. The first kappa shape index (κ1) is 26.1. The second-order valence-electron chi connectivity index (χ2n) is 7.23. The molecular formula is C22H40N2O4. The van der Waals surface area contributed by atoms with Crippen LogP contribution in [-0.4, -0.2) is 24.4 Å².